The Morgan fingerprint density at radius 3 is 2.81 bits per heavy atom. The maximum Gasteiger partial charge on any atom is 0.247 e. The number of nitrogens with zero attached hydrogens (tertiary/aromatic N) is 6. The Kier molecular flexibility index (Phi) is 8.74. The van der Waals surface area contributed by atoms with Crippen molar-refractivity contribution in [2.45, 2.75) is 19.4 Å². The molecule has 3 heterocycles. The van der Waals surface area contributed by atoms with E-state index in [0.717, 1.165) is 54.7 Å². The van der Waals surface area contributed by atoms with Gasteiger partial charge in [0.05, 0.1) is 41.5 Å². The molecule has 0 spiro atoms. The summed E-state index contributed by atoms with van der Waals surface area (Å²) >= 11 is 0. The van der Waals surface area contributed by atoms with Crippen LogP contribution in [0, 0.1) is 11.3 Å². The first-order valence-electron chi connectivity index (χ1n) is 14.2. The molecule has 0 atom stereocenters. The van der Waals surface area contributed by atoms with Crippen LogP contribution < -0.4 is 20.3 Å². The number of amides is 1. The zero-order valence-corrected chi connectivity index (χ0v) is 25.0. The summed E-state index contributed by atoms with van der Waals surface area (Å²) in [5.74, 6) is 0.594. The van der Waals surface area contributed by atoms with E-state index in [1.807, 2.05) is 33.3 Å². The van der Waals surface area contributed by atoms with Gasteiger partial charge in [0, 0.05) is 67.7 Å². The number of benzene rings is 2. The van der Waals surface area contributed by atoms with Gasteiger partial charge in [0.2, 0.25) is 11.9 Å². The smallest absolute Gasteiger partial charge is 0.247 e. The number of allylic oxidation sites excluding steroid dienone is 1. The van der Waals surface area contributed by atoms with E-state index in [1.54, 1.807) is 19.4 Å². The van der Waals surface area contributed by atoms with E-state index < -0.39 is 0 Å². The van der Waals surface area contributed by atoms with Crippen LogP contribution in [0.15, 0.2) is 61.5 Å². The minimum atomic E-state index is -0.321. The van der Waals surface area contributed by atoms with Crippen LogP contribution in [0.3, 0.4) is 0 Å². The van der Waals surface area contributed by atoms with Crippen molar-refractivity contribution < 1.29 is 9.53 Å². The Morgan fingerprint density at radius 2 is 2.07 bits per heavy atom. The topological polar surface area (TPSA) is 111 Å². The van der Waals surface area contributed by atoms with Crippen molar-refractivity contribution in [1.29, 1.82) is 5.26 Å². The molecule has 2 N–H and O–H groups in total. The zero-order chi connectivity index (χ0) is 30.5. The number of nitrogens with one attached hydrogen (secondary N) is 2. The predicted octanol–water partition coefficient (Wildman–Crippen LogP) is 5.46. The van der Waals surface area contributed by atoms with Gasteiger partial charge in [0.25, 0.3) is 0 Å². The number of anilines is 4. The second-order valence-electron chi connectivity index (χ2n) is 10.7. The van der Waals surface area contributed by atoms with E-state index in [2.05, 4.69) is 67.0 Å². The highest BCUT2D eigenvalue weighted by atomic mass is 16.5. The molecule has 0 unspecified atom stereocenters. The van der Waals surface area contributed by atoms with E-state index in [4.69, 9.17) is 9.72 Å². The van der Waals surface area contributed by atoms with Gasteiger partial charge in [-0.3, -0.25) is 4.79 Å². The summed E-state index contributed by atoms with van der Waals surface area (Å²) in [5, 5.41) is 16.6. The highest BCUT2D eigenvalue weighted by molar-refractivity contribution is 6.02. The fraction of sp³-hybridized carbons (Fsp3) is 0.273. The predicted molar refractivity (Wildman–Crippen MR) is 173 cm³/mol. The first kappa shape index (κ1) is 29.4. The number of ether oxygens (including phenoxy) is 1. The summed E-state index contributed by atoms with van der Waals surface area (Å²) in [6.07, 6.45) is 10.4. The van der Waals surface area contributed by atoms with E-state index >= 15 is 0 Å². The van der Waals surface area contributed by atoms with Gasteiger partial charge in [0.15, 0.2) is 0 Å². The molecule has 0 aliphatic carbocycles. The number of aryl methyl sites for hydroxylation is 2. The number of carbonyl (C=O) groups excluding carboxylic acids is 1. The summed E-state index contributed by atoms with van der Waals surface area (Å²) in [5.41, 5.74) is 6.96. The molecule has 0 saturated heterocycles. The number of rotatable bonds is 11. The molecule has 4 aromatic rings. The first-order valence-corrected chi connectivity index (χ1v) is 14.2. The van der Waals surface area contributed by atoms with Crippen molar-refractivity contribution in [3.05, 3.63) is 72.6 Å². The zero-order valence-electron chi connectivity index (χ0n) is 25.0. The maximum absolute atomic E-state index is 12.4. The highest BCUT2D eigenvalue weighted by Crippen LogP contribution is 2.39. The van der Waals surface area contributed by atoms with E-state index in [1.165, 1.54) is 23.2 Å². The summed E-state index contributed by atoms with van der Waals surface area (Å²) in [4.78, 5) is 26.1. The average Bonchev–Trinajstić information content (AvgIpc) is 3.39. The van der Waals surface area contributed by atoms with Gasteiger partial charge in [-0.05, 0) is 50.7 Å². The number of hydrogen-bond donors (Lipinski definition) is 2. The number of carbonyl (C=O) groups is 1. The van der Waals surface area contributed by atoms with Gasteiger partial charge in [-0.2, -0.15) is 5.26 Å². The lowest BCUT2D eigenvalue weighted by atomic mass is 10.0. The van der Waals surface area contributed by atoms with Gasteiger partial charge in [-0.15, -0.1) is 0 Å². The molecule has 10 nitrogen and oxygen atoms in total. The third-order valence-electron chi connectivity index (χ3n) is 7.54. The molecule has 1 aliphatic heterocycles. The number of nitriles is 1. The molecule has 2 aromatic carbocycles. The van der Waals surface area contributed by atoms with Gasteiger partial charge >= 0.3 is 0 Å². The van der Waals surface area contributed by atoms with Crippen molar-refractivity contribution in [2.75, 3.05) is 56.9 Å². The molecule has 5 rings (SSSR count). The van der Waals surface area contributed by atoms with Gasteiger partial charge in [0.1, 0.15) is 5.75 Å². The van der Waals surface area contributed by atoms with E-state index in [9.17, 15) is 10.1 Å². The molecular formula is C33H36N8O2. The van der Waals surface area contributed by atoms with Crippen LogP contribution in [-0.2, 0) is 17.8 Å². The number of hydrogen-bond acceptors (Lipinski definition) is 8. The monoisotopic (exact) mass is 576 g/mol. The third-order valence-corrected chi connectivity index (χ3v) is 7.54. The second kappa shape index (κ2) is 12.8. The molecule has 0 bridgehead atoms. The maximum atomic E-state index is 12.4. The van der Waals surface area contributed by atoms with Gasteiger partial charge < -0.3 is 29.7 Å². The molecule has 0 fully saturated rings. The van der Waals surface area contributed by atoms with Crippen molar-refractivity contribution in [3.8, 4) is 23.1 Å². The number of methoxy groups -OCH3 is 1. The summed E-state index contributed by atoms with van der Waals surface area (Å²) < 4.78 is 8.06. The minimum Gasteiger partial charge on any atom is -0.494 e. The SMILES string of the molecule is C=CC(=O)Nc1cc(Nc2ncc(/C=C/C#N)c(-c3cn4c5c(cccc35)CCC4)n2)c(OC)cc1N(C)CCN(C)C. The number of likely N-dealkylation sites (N-methyl/N-ethyl adjacent to an activating group) is 2. The fourth-order valence-corrected chi connectivity index (χ4v) is 5.39. The molecular weight excluding hydrogens is 540 g/mol. The molecule has 220 valence electrons. The summed E-state index contributed by atoms with van der Waals surface area (Å²) in [6.45, 7) is 6.11. The number of para-hydroxylation sites is 1. The molecule has 0 saturated carbocycles. The fourth-order valence-electron chi connectivity index (χ4n) is 5.39. The standard InChI is InChI=1S/C33H36N8O2/c1-6-30(42)36-26-18-27(29(43-5)19-28(26)40(4)17-16-39(2)3)37-33-35-20-23(11-8-14-34)31(38-33)25-21-41-15-9-12-22-10-7-13-24(25)32(22)41/h6-8,10-11,13,18-21H,1,9,12,15-17H2,2-5H3,(H,36,42)(H,35,37,38)/b11-8+. The average molecular weight is 577 g/mol. The van der Waals surface area contributed by atoms with Crippen LogP contribution in [0.5, 0.6) is 5.75 Å². The lowest BCUT2D eigenvalue weighted by Crippen LogP contribution is -2.29. The first-order chi connectivity index (χ1) is 20.8. The van der Waals surface area contributed by atoms with E-state index in [-0.39, 0.29) is 5.91 Å². The molecule has 1 amide bonds. The number of aromatic nitrogens is 3. The Hall–Kier alpha value is -5.14. The lowest BCUT2D eigenvalue weighted by molar-refractivity contribution is -0.111. The van der Waals surface area contributed by atoms with Crippen LogP contribution >= 0.6 is 0 Å². The Labute approximate surface area is 251 Å². The van der Waals surface area contributed by atoms with Crippen LogP contribution in [-0.4, -0.2) is 66.7 Å². The van der Waals surface area contributed by atoms with Crippen LogP contribution in [0.25, 0.3) is 28.2 Å². The Balaban J connectivity index is 1.59. The Bertz CT molecular complexity index is 1750. The lowest BCUT2D eigenvalue weighted by Gasteiger charge is -2.26. The summed E-state index contributed by atoms with van der Waals surface area (Å²) in [6, 6.07) is 12.2. The van der Waals surface area contributed by atoms with Crippen LogP contribution in [0.4, 0.5) is 23.0 Å². The quantitative estimate of drug-likeness (QED) is 0.179. The molecule has 10 heteroatoms. The highest BCUT2D eigenvalue weighted by Gasteiger charge is 2.21. The minimum absolute atomic E-state index is 0.321. The molecule has 43 heavy (non-hydrogen) atoms. The Morgan fingerprint density at radius 1 is 1.23 bits per heavy atom. The van der Waals surface area contributed by atoms with Crippen molar-refractivity contribution in [1.82, 2.24) is 19.4 Å². The van der Waals surface area contributed by atoms with E-state index in [0.29, 0.717) is 28.8 Å². The molecule has 1 aliphatic rings. The molecule has 0 radical (unpaired) electrons. The van der Waals surface area contributed by atoms with Crippen LogP contribution in [0.2, 0.25) is 0 Å². The van der Waals surface area contributed by atoms with Crippen molar-refractivity contribution in [3.63, 3.8) is 0 Å². The second-order valence-corrected chi connectivity index (χ2v) is 10.7. The van der Waals surface area contributed by atoms with Crippen molar-refractivity contribution >= 4 is 45.9 Å². The normalized spacial score (nSPS) is 12.4. The summed E-state index contributed by atoms with van der Waals surface area (Å²) in [7, 11) is 7.60. The van der Waals surface area contributed by atoms with Gasteiger partial charge in [-0.1, -0.05) is 24.8 Å². The van der Waals surface area contributed by atoms with Crippen LogP contribution in [0.1, 0.15) is 17.5 Å². The third kappa shape index (κ3) is 6.22. The van der Waals surface area contributed by atoms with Crippen molar-refractivity contribution in [2.24, 2.45) is 0 Å². The van der Waals surface area contributed by atoms with Gasteiger partial charge in [-0.25, -0.2) is 9.97 Å². The largest absolute Gasteiger partial charge is 0.494 e. The molecule has 2 aromatic heterocycles.